The number of aliphatic hydroxyl groups is 3. The van der Waals surface area contributed by atoms with Gasteiger partial charge in [-0.05, 0) is 97.7 Å². The molecular weight excluding hydrogens is 493 g/mol. The molecule has 202 valence electrons. The quantitative estimate of drug-likeness (QED) is 0.241. The summed E-state index contributed by atoms with van der Waals surface area (Å²) in [4.78, 5) is 12.2. The largest absolute Gasteiger partial charge is 1.00 e. The van der Waals surface area contributed by atoms with Crippen LogP contribution in [0.5, 0.6) is 0 Å². The Bertz CT molecular complexity index is 903. The van der Waals surface area contributed by atoms with Crippen molar-refractivity contribution < 1.29 is 62.6 Å². The number of aliphatic hydroxyl groups excluding tert-OH is 3. The van der Waals surface area contributed by atoms with E-state index in [0.29, 0.717) is 18.8 Å². The Labute approximate surface area is 238 Å². The smallest absolute Gasteiger partial charge is 0.748 e. The van der Waals surface area contributed by atoms with Crippen molar-refractivity contribution in [3.05, 3.63) is 0 Å². The minimum Gasteiger partial charge on any atom is -0.748 e. The Kier molecular flexibility index (Phi) is 9.75. The summed E-state index contributed by atoms with van der Waals surface area (Å²) in [7, 11) is -4.35. The van der Waals surface area contributed by atoms with E-state index in [2.05, 4.69) is 26.1 Å². The zero-order valence-electron chi connectivity index (χ0n) is 22.4. The van der Waals surface area contributed by atoms with Crippen molar-refractivity contribution in [1.82, 2.24) is 5.32 Å². The predicted octanol–water partition coefficient (Wildman–Crippen LogP) is -0.970. The number of carbonyl (C=O) groups is 1. The minimum absolute atomic E-state index is 0. The summed E-state index contributed by atoms with van der Waals surface area (Å²) in [5.74, 6) is 0.522. The van der Waals surface area contributed by atoms with Gasteiger partial charge in [-0.1, -0.05) is 20.8 Å². The SMILES string of the molecule is C[C@H](CCC(=O)NCCS(=O)(=O)[O-])[C@H]1CC[C@H]2[C@@H]3[C@H](O)C[C@H]4C[C@H](O)CC[C@]4(C)[C@H]3C[C@H](O)[C@]12C.[Na+]. The Hall–Kier alpha value is 0.260. The molecule has 10 heteroatoms. The van der Waals surface area contributed by atoms with Crippen LogP contribution in [0.15, 0.2) is 0 Å². The first-order chi connectivity index (χ1) is 16.3. The number of hydrogen-bond donors (Lipinski definition) is 4. The van der Waals surface area contributed by atoms with Crippen LogP contribution in [-0.2, 0) is 14.9 Å². The van der Waals surface area contributed by atoms with Crippen molar-refractivity contribution in [2.24, 2.45) is 46.3 Å². The molecule has 0 aromatic rings. The first-order valence-corrected chi connectivity index (χ1v) is 15.1. The van der Waals surface area contributed by atoms with E-state index in [9.17, 15) is 33.1 Å². The second-order valence-electron chi connectivity index (χ2n) is 12.7. The van der Waals surface area contributed by atoms with Crippen molar-refractivity contribution >= 4 is 16.0 Å². The summed E-state index contributed by atoms with van der Waals surface area (Å²) < 4.78 is 32.2. The number of fused-ring (bicyclic) bond motifs is 5. The van der Waals surface area contributed by atoms with Gasteiger partial charge in [0.2, 0.25) is 5.91 Å². The molecule has 11 atom stereocenters. The van der Waals surface area contributed by atoms with Crippen LogP contribution >= 0.6 is 0 Å². The van der Waals surface area contributed by atoms with Crippen LogP contribution in [-0.4, -0.2) is 64.8 Å². The van der Waals surface area contributed by atoms with Gasteiger partial charge >= 0.3 is 29.6 Å². The van der Waals surface area contributed by atoms with E-state index in [-0.39, 0.29) is 95.0 Å². The van der Waals surface area contributed by atoms with Gasteiger partial charge in [0.15, 0.2) is 0 Å². The van der Waals surface area contributed by atoms with Gasteiger partial charge in [-0.15, -0.1) is 0 Å². The molecule has 0 saturated heterocycles. The van der Waals surface area contributed by atoms with Crippen LogP contribution in [0.2, 0.25) is 0 Å². The van der Waals surface area contributed by atoms with Crippen molar-refractivity contribution in [1.29, 1.82) is 0 Å². The van der Waals surface area contributed by atoms with E-state index in [4.69, 9.17) is 0 Å². The molecule has 36 heavy (non-hydrogen) atoms. The fraction of sp³-hybridized carbons (Fsp3) is 0.962. The van der Waals surface area contributed by atoms with E-state index in [0.717, 1.165) is 38.5 Å². The van der Waals surface area contributed by atoms with Gasteiger partial charge in [0.25, 0.3) is 0 Å². The average Bonchev–Trinajstić information content (AvgIpc) is 3.12. The molecule has 4 rings (SSSR count). The van der Waals surface area contributed by atoms with Gasteiger partial charge in [-0.25, -0.2) is 8.42 Å². The topological polar surface area (TPSA) is 147 Å². The van der Waals surface area contributed by atoms with Crippen LogP contribution in [0.1, 0.15) is 78.6 Å². The van der Waals surface area contributed by atoms with Gasteiger partial charge < -0.3 is 25.2 Å². The van der Waals surface area contributed by atoms with Gasteiger partial charge in [0.05, 0.1) is 34.2 Å². The van der Waals surface area contributed by atoms with Crippen LogP contribution in [0.25, 0.3) is 0 Å². The molecule has 0 aliphatic heterocycles. The van der Waals surface area contributed by atoms with E-state index in [1.165, 1.54) is 0 Å². The molecule has 0 aromatic heterocycles. The number of rotatable bonds is 7. The van der Waals surface area contributed by atoms with Gasteiger partial charge in [-0.2, -0.15) is 0 Å². The summed E-state index contributed by atoms with van der Waals surface area (Å²) >= 11 is 0. The zero-order chi connectivity index (χ0) is 25.8. The molecule has 0 aromatic carbocycles. The maximum atomic E-state index is 12.2. The summed E-state index contributed by atoms with van der Waals surface area (Å²) in [6, 6.07) is 0. The fourth-order valence-corrected chi connectivity index (χ4v) is 9.45. The molecule has 4 aliphatic carbocycles. The van der Waals surface area contributed by atoms with Gasteiger partial charge in [0, 0.05) is 13.0 Å². The summed E-state index contributed by atoms with van der Waals surface area (Å²) in [6.45, 7) is 6.48. The predicted molar refractivity (Wildman–Crippen MR) is 130 cm³/mol. The van der Waals surface area contributed by atoms with E-state index >= 15 is 0 Å². The zero-order valence-corrected chi connectivity index (χ0v) is 25.2. The van der Waals surface area contributed by atoms with E-state index < -0.39 is 28.1 Å². The van der Waals surface area contributed by atoms with E-state index in [1.807, 2.05) is 0 Å². The molecule has 4 N–H and O–H groups in total. The van der Waals surface area contributed by atoms with Crippen molar-refractivity contribution in [3.63, 3.8) is 0 Å². The van der Waals surface area contributed by atoms with Crippen LogP contribution in [0.4, 0.5) is 0 Å². The molecule has 0 bridgehead atoms. The summed E-state index contributed by atoms with van der Waals surface area (Å²) in [5, 5.41) is 35.7. The van der Waals surface area contributed by atoms with Crippen molar-refractivity contribution in [2.75, 3.05) is 12.3 Å². The van der Waals surface area contributed by atoms with E-state index in [1.54, 1.807) is 0 Å². The number of carbonyl (C=O) groups excluding carboxylic acids is 1. The molecule has 4 fully saturated rings. The molecular formula is C26H44NNaO7S. The number of nitrogens with one attached hydrogen (secondary N) is 1. The number of hydrogen-bond acceptors (Lipinski definition) is 7. The maximum absolute atomic E-state index is 12.2. The van der Waals surface area contributed by atoms with Crippen LogP contribution in [0, 0.1) is 46.3 Å². The summed E-state index contributed by atoms with van der Waals surface area (Å²) in [5.41, 5.74) is -0.267. The third-order valence-corrected chi connectivity index (χ3v) is 11.7. The normalized spacial score (nSPS) is 45.0. The molecule has 4 aliphatic rings. The Morgan fingerprint density at radius 1 is 1.08 bits per heavy atom. The fourth-order valence-electron chi connectivity index (χ4n) is 9.10. The van der Waals surface area contributed by atoms with Crippen LogP contribution in [0.3, 0.4) is 0 Å². The molecule has 0 radical (unpaired) electrons. The molecule has 1 amide bonds. The standard InChI is InChI=1S/C26H45NO7S.Na/c1-15(4-7-23(31)27-10-11-35(32,33)34)18-5-6-19-24-20(14-22(30)26(18,19)3)25(2)9-8-17(28)12-16(25)13-21(24)29;/h15-22,24,28-30H,4-14H2,1-3H3,(H,27,31)(H,32,33,34);/q;+1/p-1/t15-,16-,17-,18-,19+,20+,21-,22+,24+,25+,26-;/m1./s1. The first kappa shape index (κ1) is 30.8. The van der Waals surface area contributed by atoms with Gasteiger partial charge in [0.1, 0.15) is 0 Å². The summed E-state index contributed by atoms with van der Waals surface area (Å²) in [6.07, 6.45) is 5.58. The van der Waals surface area contributed by atoms with Crippen LogP contribution < -0.4 is 34.9 Å². The van der Waals surface area contributed by atoms with Crippen molar-refractivity contribution in [3.8, 4) is 0 Å². The second-order valence-corrected chi connectivity index (χ2v) is 14.2. The minimum atomic E-state index is -4.35. The third kappa shape index (κ3) is 5.74. The molecule has 0 heterocycles. The Morgan fingerprint density at radius 2 is 1.78 bits per heavy atom. The first-order valence-electron chi connectivity index (χ1n) is 13.5. The maximum Gasteiger partial charge on any atom is 1.00 e. The molecule has 8 nitrogen and oxygen atoms in total. The molecule has 4 saturated carbocycles. The van der Waals surface area contributed by atoms with Gasteiger partial charge in [-0.3, -0.25) is 4.79 Å². The van der Waals surface area contributed by atoms with Crippen molar-refractivity contribution in [2.45, 2.75) is 96.9 Å². The average molecular weight is 538 g/mol. The molecule has 0 spiro atoms. The third-order valence-electron chi connectivity index (χ3n) is 11.0. The Balaban J connectivity index is 0.00000361. The second kappa shape index (κ2) is 11.4. The molecule has 0 unspecified atom stereocenters. The Morgan fingerprint density at radius 3 is 2.44 bits per heavy atom. The number of amides is 1. The monoisotopic (exact) mass is 537 g/mol.